The van der Waals surface area contributed by atoms with Gasteiger partial charge in [-0.05, 0) is 42.5 Å². The number of ether oxygens (including phenoxy) is 2. The Morgan fingerprint density at radius 3 is 2.74 bits per heavy atom. The molecule has 3 atom stereocenters. The van der Waals surface area contributed by atoms with E-state index >= 15 is 0 Å². The van der Waals surface area contributed by atoms with Crippen LogP contribution >= 0.6 is 11.3 Å². The molecule has 0 spiro atoms. The molecule has 1 aromatic heterocycles. The van der Waals surface area contributed by atoms with E-state index < -0.39 is 23.7 Å². The molecule has 1 amide bonds. The van der Waals surface area contributed by atoms with Gasteiger partial charge in [0, 0.05) is 34.4 Å². The summed E-state index contributed by atoms with van der Waals surface area (Å²) < 4.78 is 10.5. The number of carbonyl (C=O) groups excluding carboxylic acids is 3. The Labute approximate surface area is 183 Å². The molecule has 0 bridgehead atoms. The topological polar surface area (TPSA) is 102 Å². The zero-order chi connectivity index (χ0) is 22.1. The molecular weight excluding hydrogens is 418 g/mol. The maximum atomic E-state index is 13.7. The van der Waals surface area contributed by atoms with Crippen molar-refractivity contribution in [2.45, 2.75) is 31.6 Å². The van der Waals surface area contributed by atoms with Gasteiger partial charge < -0.3 is 19.9 Å². The second-order valence-electron chi connectivity index (χ2n) is 7.55. The number of aromatic hydroxyl groups is 1. The van der Waals surface area contributed by atoms with E-state index in [1.54, 1.807) is 19.1 Å². The number of amides is 1. The fourth-order valence-corrected chi connectivity index (χ4v) is 5.29. The number of carbonyl (C=O) groups is 3. The summed E-state index contributed by atoms with van der Waals surface area (Å²) in [4.78, 5) is 40.0. The van der Waals surface area contributed by atoms with Crippen molar-refractivity contribution in [3.63, 3.8) is 0 Å². The first kappa shape index (κ1) is 21.1. The van der Waals surface area contributed by atoms with Crippen molar-refractivity contribution in [3.8, 4) is 11.5 Å². The first-order valence-electron chi connectivity index (χ1n) is 10.1. The number of methoxy groups -OCH3 is 1. The standard InChI is InChI=1S/C23H23NO6S/c1-3-30-23(28)21-14(18-5-4-8-31-18)10-15-20(22(21)27)13(11-19(26)24-15)12-6-7-16(25)17(9-12)29-2/h4-9,13-14,21,25H,3,10-11H2,1-2H3,(H,24,26)/t13-,14-,21-/m1/s1. The molecule has 2 N–H and O–H groups in total. The SMILES string of the molecule is CCOC(=O)[C@H]1C(=O)C2=C(C[C@@H]1c1cccs1)NC(=O)C[C@@H]2c1ccc(O)c(OC)c1. The first-order valence-corrected chi connectivity index (χ1v) is 11.0. The molecule has 2 aromatic rings. The normalized spacial score (nSPS) is 23.2. The van der Waals surface area contributed by atoms with Crippen LogP contribution in [0.3, 0.4) is 0 Å². The Morgan fingerprint density at radius 1 is 1.26 bits per heavy atom. The Hall–Kier alpha value is -3.13. The molecule has 8 heteroatoms. The zero-order valence-corrected chi connectivity index (χ0v) is 18.0. The third-order valence-corrected chi connectivity index (χ3v) is 6.79. The van der Waals surface area contributed by atoms with Gasteiger partial charge in [0.05, 0.1) is 13.7 Å². The van der Waals surface area contributed by atoms with Crippen LogP contribution in [-0.4, -0.2) is 36.5 Å². The number of ketones is 1. The van der Waals surface area contributed by atoms with Gasteiger partial charge in [0.1, 0.15) is 5.92 Å². The molecule has 4 rings (SSSR count). The van der Waals surface area contributed by atoms with Gasteiger partial charge in [-0.25, -0.2) is 0 Å². The Morgan fingerprint density at radius 2 is 2.06 bits per heavy atom. The van der Waals surface area contributed by atoms with Crippen molar-refractivity contribution in [1.82, 2.24) is 5.32 Å². The highest BCUT2D eigenvalue weighted by molar-refractivity contribution is 7.10. The van der Waals surface area contributed by atoms with Crippen LogP contribution in [0, 0.1) is 5.92 Å². The van der Waals surface area contributed by atoms with E-state index in [9.17, 15) is 19.5 Å². The number of hydrogen-bond donors (Lipinski definition) is 2. The monoisotopic (exact) mass is 441 g/mol. The molecule has 0 saturated carbocycles. The number of benzene rings is 1. The highest BCUT2D eigenvalue weighted by Gasteiger charge is 2.48. The van der Waals surface area contributed by atoms with Gasteiger partial charge in [0.15, 0.2) is 17.3 Å². The maximum absolute atomic E-state index is 13.7. The summed E-state index contributed by atoms with van der Waals surface area (Å²) in [5.41, 5.74) is 1.65. The van der Waals surface area contributed by atoms with Crippen molar-refractivity contribution in [2.75, 3.05) is 13.7 Å². The van der Waals surface area contributed by atoms with Gasteiger partial charge in [0.25, 0.3) is 0 Å². The average molecular weight is 442 g/mol. The van der Waals surface area contributed by atoms with Gasteiger partial charge in [-0.15, -0.1) is 11.3 Å². The number of esters is 1. The molecule has 0 unspecified atom stereocenters. The van der Waals surface area contributed by atoms with E-state index in [4.69, 9.17) is 9.47 Å². The maximum Gasteiger partial charge on any atom is 0.317 e. The van der Waals surface area contributed by atoms with Gasteiger partial charge in [0.2, 0.25) is 5.91 Å². The Kier molecular flexibility index (Phi) is 5.82. The van der Waals surface area contributed by atoms with Crippen LogP contribution in [0.5, 0.6) is 11.5 Å². The van der Waals surface area contributed by atoms with E-state index in [1.807, 2.05) is 17.5 Å². The summed E-state index contributed by atoms with van der Waals surface area (Å²) >= 11 is 1.47. The van der Waals surface area contributed by atoms with Gasteiger partial charge in [-0.1, -0.05) is 12.1 Å². The second-order valence-corrected chi connectivity index (χ2v) is 8.53. The van der Waals surface area contributed by atoms with E-state index in [1.165, 1.54) is 24.5 Å². The number of phenolic OH excluding ortho intramolecular Hbond substituents is 1. The molecule has 0 saturated heterocycles. The third-order valence-electron chi connectivity index (χ3n) is 5.78. The minimum absolute atomic E-state index is 0.0298. The molecule has 31 heavy (non-hydrogen) atoms. The molecule has 1 aliphatic carbocycles. The largest absolute Gasteiger partial charge is 0.504 e. The molecule has 0 radical (unpaired) electrons. The molecule has 2 aliphatic rings. The molecule has 2 heterocycles. The number of allylic oxidation sites excluding steroid dienone is 2. The summed E-state index contributed by atoms with van der Waals surface area (Å²) in [5.74, 6) is -2.72. The number of nitrogens with one attached hydrogen (secondary N) is 1. The average Bonchev–Trinajstić information content (AvgIpc) is 3.28. The number of Topliss-reactive ketones (excluding diaryl/α,β-unsaturated/α-hetero) is 1. The quantitative estimate of drug-likeness (QED) is 0.546. The fourth-order valence-electron chi connectivity index (χ4n) is 4.42. The fraction of sp³-hybridized carbons (Fsp3) is 0.348. The smallest absolute Gasteiger partial charge is 0.317 e. The predicted molar refractivity (Wildman–Crippen MR) is 114 cm³/mol. The van der Waals surface area contributed by atoms with Gasteiger partial charge >= 0.3 is 5.97 Å². The highest BCUT2D eigenvalue weighted by atomic mass is 32.1. The van der Waals surface area contributed by atoms with Crippen LogP contribution in [0.1, 0.15) is 42.0 Å². The van der Waals surface area contributed by atoms with Gasteiger partial charge in [-0.3, -0.25) is 14.4 Å². The van der Waals surface area contributed by atoms with E-state index in [-0.39, 0.29) is 36.2 Å². The van der Waals surface area contributed by atoms with E-state index in [0.717, 1.165) is 4.88 Å². The summed E-state index contributed by atoms with van der Waals surface area (Å²) in [6, 6.07) is 8.55. The minimum atomic E-state index is -0.964. The molecule has 7 nitrogen and oxygen atoms in total. The lowest BCUT2D eigenvalue weighted by molar-refractivity contribution is -0.152. The van der Waals surface area contributed by atoms with E-state index in [2.05, 4.69) is 5.32 Å². The first-order chi connectivity index (χ1) is 14.9. The molecule has 1 aliphatic heterocycles. The Balaban J connectivity index is 1.81. The lowest BCUT2D eigenvalue weighted by atomic mass is 9.69. The lowest BCUT2D eigenvalue weighted by Crippen LogP contribution is -2.44. The van der Waals surface area contributed by atoms with Crippen molar-refractivity contribution in [3.05, 3.63) is 57.4 Å². The van der Waals surface area contributed by atoms with Crippen LogP contribution in [0.4, 0.5) is 0 Å². The van der Waals surface area contributed by atoms with Crippen LogP contribution < -0.4 is 10.1 Å². The van der Waals surface area contributed by atoms with Crippen molar-refractivity contribution < 1.29 is 29.0 Å². The Bertz CT molecular complexity index is 1060. The lowest BCUT2D eigenvalue weighted by Gasteiger charge is -2.37. The van der Waals surface area contributed by atoms with Crippen LogP contribution in [0.2, 0.25) is 0 Å². The van der Waals surface area contributed by atoms with Gasteiger partial charge in [-0.2, -0.15) is 0 Å². The number of hydrogen-bond acceptors (Lipinski definition) is 7. The van der Waals surface area contributed by atoms with Crippen molar-refractivity contribution in [2.24, 2.45) is 5.92 Å². The van der Waals surface area contributed by atoms with Crippen LogP contribution in [-0.2, 0) is 19.1 Å². The second kappa shape index (κ2) is 8.55. The summed E-state index contributed by atoms with van der Waals surface area (Å²) in [5, 5.41) is 14.7. The number of phenols is 1. The van der Waals surface area contributed by atoms with Crippen molar-refractivity contribution >= 4 is 29.0 Å². The molecule has 162 valence electrons. The molecule has 0 fully saturated rings. The third kappa shape index (κ3) is 3.83. The number of thiophene rings is 1. The number of rotatable bonds is 5. The predicted octanol–water partition coefficient (Wildman–Crippen LogP) is 3.26. The van der Waals surface area contributed by atoms with E-state index in [0.29, 0.717) is 23.3 Å². The molecule has 1 aromatic carbocycles. The summed E-state index contributed by atoms with van der Waals surface area (Å²) in [7, 11) is 1.44. The zero-order valence-electron chi connectivity index (χ0n) is 17.2. The summed E-state index contributed by atoms with van der Waals surface area (Å²) in [6.45, 7) is 1.89. The van der Waals surface area contributed by atoms with Crippen molar-refractivity contribution in [1.29, 1.82) is 0 Å². The van der Waals surface area contributed by atoms with Crippen LogP contribution in [0.15, 0.2) is 47.0 Å². The molecular formula is C23H23NO6S. The minimum Gasteiger partial charge on any atom is -0.504 e. The summed E-state index contributed by atoms with van der Waals surface area (Å²) in [6.07, 6.45) is 0.431. The van der Waals surface area contributed by atoms with Crippen LogP contribution in [0.25, 0.3) is 0 Å². The highest BCUT2D eigenvalue weighted by Crippen LogP contribution is 2.47.